The molecule has 0 saturated heterocycles. The zero-order valence-electron chi connectivity index (χ0n) is 5.98. The highest BCUT2D eigenvalue weighted by Gasteiger charge is 2.07. The average Bonchev–Trinajstić information content (AvgIpc) is 2.30. The van der Waals surface area contributed by atoms with Gasteiger partial charge >= 0.3 is 5.97 Å². The smallest absolute Gasteiger partial charge is 0.357 e. The lowest BCUT2D eigenvalue weighted by molar-refractivity contribution is -0.132. The zero-order chi connectivity index (χ0) is 8.10. The van der Waals surface area contributed by atoms with Crippen molar-refractivity contribution in [2.24, 2.45) is 4.40 Å². The van der Waals surface area contributed by atoms with Gasteiger partial charge in [-0.1, -0.05) is 12.2 Å². The first-order chi connectivity index (χ1) is 5.34. The van der Waals surface area contributed by atoms with Crippen molar-refractivity contribution in [1.29, 1.82) is 0 Å². The van der Waals surface area contributed by atoms with Gasteiger partial charge in [0.2, 0.25) is 0 Å². The summed E-state index contributed by atoms with van der Waals surface area (Å²) in [6.07, 6.45) is 5.17. The second-order valence-electron chi connectivity index (χ2n) is 1.76. The molecular formula is C7H7NO2S. The summed E-state index contributed by atoms with van der Waals surface area (Å²) in [6, 6.07) is 0. The van der Waals surface area contributed by atoms with E-state index >= 15 is 0 Å². The molecule has 0 amide bonds. The van der Waals surface area contributed by atoms with Gasteiger partial charge in [0.25, 0.3) is 0 Å². The van der Waals surface area contributed by atoms with E-state index in [1.165, 1.54) is 19.1 Å². The first-order valence-corrected chi connectivity index (χ1v) is 3.83. The Balaban J connectivity index is 2.72. The molecule has 0 unspecified atom stereocenters. The first kappa shape index (κ1) is 8.07. The summed E-state index contributed by atoms with van der Waals surface area (Å²) in [7, 11) is 1.34. The molecular weight excluding hydrogens is 162 g/mol. The molecule has 1 aliphatic rings. The van der Waals surface area contributed by atoms with E-state index in [1.54, 1.807) is 17.6 Å². The number of hydrogen-bond donors (Lipinski definition) is 0. The van der Waals surface area contributed by atoms with Crippen molar-refractivity contribution in [3.05, 3.63) is 23.6 Å². The van der Waals surface area contributed by atoms with E-state index < -0.39 is 5.97 Å². The van der Waals surface area contributed by atoms with Crippen LogP contribution in [0, 0.1) is 0 Å². The normalized spacial score (nSPS) is 15.5. The fourth-order valence-electron chi connectivity index (χ4n) is 0.555. The molecule has 58 valence electrons. The minimum absolute atomic E-state index is 0.336. The summed E-state index contributed by atoms with van der Waals surface area (Å²) in [5.41, 5.74) is 0.336. The van der Waals surface area contributed by atoms with E-state index in [4.69, 9.17) is 0 Å². The standard InChI is InChI=1S/C7H7NO2S/c1-10-7(9)6-4-2-3-5-11-8-6/h2-5H,1H3. The summed E-state index contributed by atoms with van der Waals surface area (Å²) < 4.78 is 8.36. The molecule has 1 rings (SSSR count). The molecule has 0 bridgehead atoms. The molecule has 0 radical (unpaired) electrons. The maximum Gasteiger partial charge on any atom is 0.357 e. The highest BCUT2D eigenvalue weighted by atomic mass is 32.2. The Morgan fingerprint density at radius 1 is 1.64 bits per heavy atom. The molecule has 0 N–H and O–H groups in total. The highest BCUT2D eigenvalue weighted by molar-refractivity contribution is 8.01. The van der Waals surface area contributed by atoms with Crippen LogP contribution in [0.5, 0.6) is 0 Å². The van der Waals surface area contributed by atoms with Gasteiger partial charge in [0.1, 0.15) is 0 Å². The molecule has 0 aliphatic carbocycles. The van der Waals surface area contributed by atoms with Gasteiger partial charge in [0.05, 0.1) is 7.11 Å². The molecule has 0 aromatic rings. The Hall–Kier alpha value is -1.03. The summed E-state index contributed by atoms with van der Waals surface area (Å²) in [5, 5.41) is 1.78. The number of methoxy groups -OCH3 is 1. The summed E-state index contributed by atoms with van der Waals surface area (Å²) >= 11 is 1.21. The first-order valence-electron chi connectivity index (χ1n) is 3.00. The lowest BCUT2D eigenvalue weighted by Crippen LogP contribution is -2.12. The van der Waals surface area contributed by atoms with Crippen molar-refractivity contribution in [3.63, 3.8) is 0 Å². The lowest BCUT2D eigenvalue weighted by atomic mass is 10.3. The molecule has 3 nitrogen and oxygen atoms in total. The van der Waals surface area contributed by atoms with Crippen LogP contribution < -0.4 is 0 Å². The average molecular weight is 169 g/mol. The van der Waals surface area contributed by atoms with Crippen LogP contribution in [0.25, 0.3) is 0 Å². The van der Waals surface area contributed by atoms with Gasteiger partial charge in [-0.3, -0.25) is 0 Å². The Bertz CT molecular complexity index is 243. The van der Waals surface area contributed by atoms with E-state index in [0.717, 1.165) is 0 Å². The maximum atomic E-state index is 10.9. The summed E-state index contributed by atoms with van der Waals surface area (Å²) in [5.74, 6) is -0.405. The number of nitrogens with zero attached hydrogens (tertiary/aromatic N) is 1. The number of carbonyl (C=O) groups excluding carboxylic acids is 1. The zero-order valence-corrected chi connectivity index (χ0v) is 6.80. The van der Waals surface area contributed by atoms with Gasteiger partial charge in [-0.15, -0.1) is 0 Å². The van der Waals surface area contributed by atoms with Gasteiger partial charge in [0, 0.05) is 11.9 Å². The molecule has 0 atom stereocenters. The second kappa shape index (κ2) is 3.98. The SMILES string of the molecule is COC(=O)C1=NSC=CC=C1. The van der Waals surface area contributed by atoms with Crippen LogP contribution in [-0.4, -0.2) is 18.8 Å². The number of ether oxygens (including phenoxy) is 1. The van der Waals surface area contributed by atoms with E-state index in [9.17, 15) is 4.79 Å². The maximum absolute atomic E-state index is 10.9. The predicted molar refractivity (Wildman–Crippen MR) is 45.3 cm³/mol. The van der Waals surface area contributed by atoms with Crippen LogP contribution in [0.3, 0.4) is 0 Å². The quantitative estimate of drug-likeness (QED) is 0.439. The third-order valence-electron chi connectivity index (χ3n) is 1.05. The fraction of sp³-hybridized carbons (Fsp3) is 0.143. The van der Waals surface area contributed by atoms with E-state index in [1.807, 2.05) is 6.08 Å². The highest BCUT2D eigenvalue weighted by Crippen LogP contribution is 2.08. The van der Waals surface area contributed by atoms with E-state index in [2.05, 4.69) is 9.13 Å². The second-order valence-corrected chi connectivity index (χ2v) is 2.43. The van der Waals surface area contributed by atoms with Crippen molar-refractivity contribution in [2.75, 3.05) is 7.11 Å². The molecule has 1 aliphatic heterocycles. The molecule has 0 fully saturated rings. The van der Waals surface area contributed by atoms with Crippen LogP contribution in [0.15, 0.2) is 28.0 Å². The van der Waals surface area contributed by atoms with Crippen LogP contribution in [0.4, 0.5) is 0 Å². The van der Waals surface area contributed by atoms with Crippen LogP contribution in [0.1, 0.15) is 0 Å². The number of carbonyl (C=O) groups is 1. The third-order valence-corrected chi connectivity index (χ3v) is 1.63. The van der Waals surface area contributed by atoms with Crippen molar-refractivity contribution in [3.8, 4) is 0 Å². The Labute approximate surface area is 69.0 Å². The topological polar surface area (TPSA) is 38.7 Å². The molecule has 1 heterocycles. The van der Waals surface area contributed by atoms with Gasteiger partial charge in [-0.2, -0.15) is 0 Å². The summed E-state index contributed by atoms with van der Waals surface area (Å²) in [6.45, 7) is 0. The number of esters is 1. The molecule has 4 heteroatoms. The van der Waals surface area contributed by atoms with E-state index in [0.29, 0.717) is 5.71 Å². The van der Waals surface area contributed by atoms with Crippen molar-refractivity contribution >= 4 is 23.6 Å². The monoisotopic (exact) mass is 169 g/mol. The summed E-state index contributed by atoms with van der Waals surface area (Å²) in [4.78, 5) is 10.9. The number of allylic oxidation sites excluding steroid dienone is 2. The largest absolute Gasteiger partial charge is 0.464 e. The number of hydrogen-bond acceptors (Lipinski definition) is 4. The molecule has 11 heavy (non-hydrogen) atoms. The Morgan fingerprint density at radius 3 is 3.18 bits per heavy atom. The molecule has 0 spiro atoms. The number of rotatable bonds is 1. The van der Waals surface area contributed by atoms with Crippen LogP contribution in [-0.2, 0) is 9.53 Å². The van der Waals surface area contributed by atoms with Crippen molar-refractivity contribution in [2.45, 2.75) is 0 Å². The Morgan fingerprint density at radius 2 is 2.45 bits per heavy atom. The van der Waals surface area contributed by atoms with Gasteiger partial charge in [-0.25, -0.2) is 9.19 Å². The fourth-order valence-corrected chi connectivity index (χ4v) is 1.03. The van der Waals surface area contributed by atoms with Gasteiger partial charge in [-0.05, 0) is 11.5 Å². The van der Waals surface area contributed by atoms with Gasteiger partial charge in [0.15, 0.2) is 5.71 Å². The molecule has 0 saturated carbocycles. The molecule has 0 aromatic heterocycles. The van der Waals surface area contributed by atoms with Crippen LogP contribution >= 0.6 is 11.9 Å². The van der Waals surface area contributed by atoms with Crippen LogP contribution in [0.2, 0.25) is 0 Å². The van der Waals surface area contributed by atoms with Crippen molar-refractivity contribution < 1.29 is 9.53 Å². The third kappa shape index (κ3) is 2.23. The van der Waals surface area contributed by atoms with E-state index in [-0.39, 0.29) is 0 Å². The van der Waals surface area contributed by atoms with Crippen molar-refractivity contribution in [1.82, 2.24) is 0 Å². The van der Waals surface area contributed by atoms with Gasteiger partial charge < -0.3 is 4.74 Å². The molecule has 0 aromatic carbocycles. The minimum Gasteiger partial charge on any atom is -0.464 e. The Kier molecular flexibility index (Phi) is 2.92. The lowest BCUT2D eigenvalue weighted by Gasteiger charge is -1.94. The predicted octanol–water partition coefficient (Wildman–Crippen LogP) is 1.33. The minimum atomic E-state index is -0.405.